The zero-order valence-corrected chi connectivity index (χ0v) is 10.5. The van der Waals surface area contributed by atoms with Crippen LogP contribution >= 0.6 is 0 Å². The van der Waals surface area contributed by atoms with Gasteiger partial charge in [0, 0.05) is 5.69 Å². The Morgan fingerprint density at radius 1 is 1.29 bits per heavy atom. The summed E-state index contributed by atoms with van der Waals surface area (Å²) in [6.07, 6.45) is 0.494. The molecule has 1 rings (SSSR count). The molecule has 0 saturated heterocycles. The lowest BCUT2D eigenvalue weighted by molar-refractivity contribution is 0.224. The van der Waals surface area contributed by atoms with Crippen molar-refractivity contribution in [2.24, 2.45) is 0 Å². The van der Waals surface area contributed by atoms with E-state index in [1.807, 2.05) is 18.2 Å². The second-order valence-corrected chi connectivity index (χ2v) is 4.17. The van der Waals surface area contributed by atoms with Gasteiger partial charge in [-0.2, -0.15) is 8.42 Å². The maximum absolute atomic E-state index is 9.11. The second-order valence-electron chi connectivity index (χ2n) is 3.28. The van der Waals surface area contributed by atoms with E-state index >= 15 is 0 Å². The third-order valence-electron chi connectivity index (χ3n) is 1.76. The Labute approximate surface area is 101 Å². The van der Waals surface area contributed by atoms with Crippen LogP contribution in [0.3, 0.4) is 0 Å². The molecule has 0 aromatic heterocycles. The van der Waals surface area contributed by atoms with Gasteiger partial charge in [-0.05, 0) is 25.0 Å². The highest BCUT2D eigenvalue weighted by molar-refractivity contribution is 7.79. The molecule has 0 spiro atoms. The number of hydrogen-bond acceptors (Lipinski definition) is 4. The maximum atomic E-state index is 9.11. The van der Waals surface area contributed by atoms with Crippen LogP contribution in [0, 0.1) is 0 Å². The van der Waals surface area contributed by atoms with Crippen LogP contribution in [0.15, 0.2) is 24.3 Å². The summed E-state index contributed by atoms with van der Waals surface area (Å²) in [6.45, 7) is 3.81. The van der Waals surface area contributed by atoms with Crippen molar-refractivity contribution in [2.45, 2.75) is 26.5 Å². The van der Waals surface area contributed by atoms with Crippen LogP contribution in [-0.2, 0) is 16.8 Å². The number of para-hydroxylation sites is 1. The van der Waals surface area contributed by atoms with E-state index in [1.165, 1.54) is 5.56 Å². The summed E-state index contributed by atoms with van der Waals surface area (Å²) in [6, 6.07) is 8.01. The lowest BCUT2D eigenvalue weighted by Gasteiger charge is -2.12. The summed E-state index contributed by atoms with van der Waals surface area (Å²) < 4.78 is 31.6. The molecule has 7 heteroatoms. The molecule has 0 bridgehead atoms. The summed E-state index contributed by atoms with van der Waals surface area (Å²) in [7, 11) is -4.67. The quantitative estimate of drug-likeness (QED) is 0.484. The summed E-state index contributed by atoms with van der Waals surface area (Å²) >= 11 is 0. The van der Waals surface area contributed by atoms with Crippen molar-refractivity contribution in [3.05, 3.63) is 29.8 Å². The van der Waals surface area contributed by atoms with Gasteiger partial charge in [-0.25, -0.2) is 0 Å². The predicted octanol–water partition coefficient (Wildman–Crippen LogP) is 1.35. The first kappa shape index (κ1) is 15.9. The van der Waals surface area contributed by atoms with Gasteiger partial charge < -0.3 is 10.4 Å². The Balaban J connectivity index is 0.000000437. The van der Waals surface area contributed by atoms with Crippen molar-refractivity contribution in [1.82, 2.24) is 0 Å². The molecule has 0 heterocycles. The number of aliphatic hydroxyl groups excluding tert-OH is 1. The predicted molar refractivity (Wildman–Crippen MR) is 65.3 cm³/mol. The first-order valence-electron chi connectivity index (χ1n) is 4.96. The first-order chi connectivity index (χ1) is 7.74. The molecule has 0 fully saturated rings. The minimum Gasteiger partial charge on any atom is -0.374 e. The molecule has 1 unspecified atom stereocenters. The van der Waals surface area contributed by atoms with Gasteiger partial charge in [0.2, 0.25) is 0 Å². The number of hydrogen-bond donors (Lipinski definition) is 4. The monoisotopic (exact) mass is 263 g/mol. The molecule has 98 valence electrons. The van der Waals surface area contributed by atoms with Gasteiger partial charge in [0.05, 0.1) is 0 Å². The molecule has 1 aromatic carbocycles. The molecule has 4 N–H and O–H groups in total. The van der Waals surface area contributed by atoms with Crippen molar-refractivity contribution >= 4 is 16.1 Å². The third-order valence-corrected chi connectivity index (χ3v) is 1.76. The van der Waals surface area contributed by atoms with Crippen LogP contribution in [-0.4, -0.2) is 28.9 Å². The van der Waals surface area contributed by atoms with Crippen LogP contribution in [0.5, 0.6) is 0 Å². The Bertz CT molecular complexity index is 422. The number of aliphatic hydroxyl groups is 1. The minimum atomic E-state index is -4.67. The smallest absolute Gasteiger partial charge is 0.374 e. The van der Waals surface area contributed by atoms with E-state index in [4.69, 9.17) is 22.6 Å². The van der Waals surface area contributed by atoms with E-state index in [-0.39, 0.29) is 0 Å². The lowest BCUT2D eigenvalue weighted by atomic mass is 10.1. The zero-order chi connectivity index (χ0) is 13.5. The lowest BCUT2D eigenvalue weighted by Crippen LogP contribution is -2.14. The number of aryl methyl sites for hydroxylation is 1. The standard InChI is InChI=1S/C10H15NO.H2O4S/c1-3-9-6-4-5-7-10(9)11-8(2)12;1-5(2,3)4/h4-8,11-12H,3H2,1-2H3;(H2,1,2,3,4). The van der Waals surface area contributed by atoms with Gasteiger partial charge >= 0.3 is 10.4 Å². The van der Waals surface area contributed by atoms with E-state index < -0.39 is 16.6 Å². The van der Waals surface area contributed by atoms with Crippen molar-refractivity contribution in [3.63, 3.8) is 0 Å². The number of benzene rings is 1. The SMILES string of the molecule is CCc1ccccc1NC(C)O.O=S(=O)(O)O. The van der Waals surface area contributed by atoms with Crippen molar-refractivity contribution in [2.75, 3.05) is 5.32 Å². The fourth-order valence-electron chi connectivity index (χ4n) is 1.19. The van der Waals surface area contributed by atoms with E-state index in [0.29, 0.717) is 0 Å². The summed E-state index contributed by atoms with van der Waals surface area (Å²) in [5.41, 5.74) is 2.26. The van der Waals surface area contributed by atoms with Gasteiger partial charge in [0.1, 0.15) is 6.23 Å². The topological polar surface area (TPSA) is 107 Å². The highest BCUT2D eigenvalue weighted by Gasteiger charge is 2.00. The van der Waals surface area contributed by atoms with E-state index in [0.717, 1.165) is 12.1 Å². The Morgan fingerprint density at radius 3 is 2.18 bits per heavy atom. The van der Waals surface area contributed by atoms with Gasteiger partial charge in [0.15, 0.2) is 0 Å². The fourth-order valence-corrected chi connectivity index (χ4v) is 1.19. The molecule has 17 heavy (non-hydrogen) atoms. The van der Waals surface area contributed by atoms with Crippen molar-refractivity contribution in [3.8, 4) is 0 Å². The first-order valence-corrected chi connectivity index (χ1v) is 6.36. The molecular weight excluding hydrogens is 246 g/mol. The van der Waals surface area contributed by atoms with Crippen molar-refractivity contribution < 1.29 is 22.6 Å². The van der Waals surface area contributed by atoms with Crippen LogP contribution < -0.4 is 5.32 Å². The van der Waals surface area contributed by atoms with Crippen molar-refractivity contribution in [1.29, 1.82) is 0 Å². The molecule has 0 aliphatic rings. The van der Waals surface area contributed by atoms with Gasteiger partial charge in [0.25, 0.3) is 0 Å². The normalized spacial score (nSPS) is 12.3. The summed E-state index contributed by atoms with van der Waals surface area (Å²) in [5.74, 6) is 0. The maximum Gasteiger partial charge on any atom is 0.394 e. The Kier molecular flexibility index (Phi) is 6.74. The second kappa shape index (κ2) is 7.23. The molecule has 0 aliphatic carbocycles. The number of rotatable bonds is 3. The highest BCUT2D eigenvalue weighted by Crippen LogP contribution is 2.15. The van der Waals surface area contributed by atoms with Gasteiger partial charge in [-0.3, -0.25) is 9.11 Å². The fraction of sp³-hybridized carbons (Fsp3) is 0.400. The van der Waals surface area contributed by atoms with Gasteiger partial charge in [-0.15, -0.1) is 0 Å². The molecule has 0 amide bonds. The molecule has 0 radical (unpaired) electrons. The Morgan fingerprint density at radius 2 is 1.76 bits per heavy atom. The Hall–Kier alpha value is -1.15. The van der Waals surface area contributed by atoms with E-state index in [2.05, 4.69) is 18.3 Å². The molecule has 1 atom stereocenters. The average molecular weight is 263 g/mol. The van der Waals surface area contributed by atoms with Crippen LogP contribution in [0.4, 0.5) is 5.69 Å². The summed E-state index contributed by atoms with van der Waals surface area (Å²) in [4.78, 5) is 0. The highest BCUT2D eigenvalue weighted by atomic mass is 32.3. The summed E-state index contributed by atoms with van der Waals surface area (Å²) in [5, 5.41) is 12.1. The molecular formula is C10H17NO5S. The average Bonchev–Trinajstić information content (AvgIpc) is 2.15. The van der Waals surface area contributed by atoms with Crippen LogP contribution in [0.2, 0.25) is 0 Å². The van der Waals surface area contributed by atoms with Gasteiger partial charge in [-0.1, -0.05) is 25.1 Å². The van der Waals surface area contributed by atoms with Crippen LogP contribution in [0.25, 0.3) is 0 Å². The van der Waals surface area contributed by atoms with E-state index in [9.17, 15) is 0 Å². The largest absolute Gasteiger partial charge is 0.394 e. The van der Waals surface area contributed by atoms with E-state index in [1.54, 1.807) is 6.92 Å². The molecule has 0 aliphatic heterocycles. The molecule has 1 aromatic rings. The zero-order valence-electron chi connectivity index (χ0n) is 9.66. The molecule has 6 nitrogen and oxygen atoms in total. The number of anilines is 1. The van der Waals surface area contributed by atoms with Crippen LogP contribution in [0.1, 0.15) is 19.4 Å². The third kappa shape index (κ3) is 9.76. The minimum absolute atomic E-state index is 0.488. The number of nitrogens with one attached hydrogen (secondary N) is 1. The molecule has 0 saturated carbocycles.